The van der Waals surface area contributed by atoms with Crippen LogP contribution in [0.2, 0.25) is 0 Å². The van der Waals surface area contributed by atoms with Crippen molar-refractivity contribution in [2.75, 3.05) is 7.11 Å². The van der Waals surface area contributed by atoms with Crippen LogP contribution in [0.3, 0.4) is 0 Å². The number of hydrogen-bond acceptors (Lipinski definition) is 4. The fourth-order valence-corrected chi connectivity index (χ4v) is 3.89. The lowest BCUT2D eigenvalue weighted by Gasteiger charge is -2.16. The van der Waals surface area contributed by atoms with Gasteiger partial charge in [0.1, 0.15) is 0 Å². The monoisotopic (exact) mass is 496 g/mol. The minimum absolute atomic E-state index is 0.260. The zero-order chi connectivity index (χ0) is 26.9. The van der Waals surface area contributed by atoms with Crippen LogP contribution in [-0.2, 0) is 20.7 Å². The van der Waals surface area contributed by atoms with Crippen LogP contribution in [0.4, 0.5) is 0 Å². The van der Waals surface area contributed by atoms with Crippen molar-refractivity contribution in [2.24, 2.45) is 5.92 Å². The molecule has 0 amide bonds. The summed E-state index contributed by atoms with van der Waals surface area (Å²) < 4.78 is 10.1. The second-order valence-electron chi connectivity index (χ2n) is 9.65. The number of ether oxygens (including phenoxy) is 1. The average Bonchev–Trinajstić information content (AvgIpc) is 3.34. The Morgan fingerprint density at radius 1 is 1.00 bits per heavy atom. The van der Waals surface area contributed by atoms with E-state index in [1.165, 1.54) is 18.3 Å². The van der Waals surface area contributed by atoms with Gasteiger partial charge in [0.15, 0.2) is 0 Å². The van der Waals surface area contributed by atoms with Crippen molar-refractivity contribution in [3.63, 3.8) is 0 Å². The van der Waals surface area contributed by atoms with Gasteiger partial charge in [-0.05, 0) is 103 Å². The van der Waals surface area contributed by atoms with E-state index in [2.05, 4.69) is 25.7 Å². The quantitative estimate of drug-likeness (QED) is 0.134. The molecule has 0 bridgehead atoms. The van der Waals surface area contributed by atoms with Gasteiger partial charge in [0.2, 0.25) is 0 Å². The maximum Gasteiger partial charge on any atom is 0.333 e. The molecular weight excluding hydrogens is 452 g/mol. The van der Waals surface area contributed by atoms with Gasteiger partial charge in [-0.15, -0.1) is 0 Å². The Balaban J connectivity index is 2.65. The van der Waals surface area contributed by atoms with E-state index in [-0.39, 0.29) is 11.9 Å². The van der Waals surface area contributed by atoms with E-state index in [0.717, 1.165) is 49.7 Å². The third-order valence-corrected chi connectivity index (χ3v) is 6.23. The second-order valence-corrected chi connectivity index (χ2v) is 9.65. The number of carboxylic acids is 1. The largest absolute Gasteiger partial charge is 0.478 e. The molecule has 0 saturated heterocycles. The number of aryl methyl sites for hydroxylation is 1. The summed E-state index contributed by atoms with van der Waals surface area (Å²) in [5.74, 6) is -0.851. The highest BCUT2D eigenvalue weighted by Crippen LogP contribution is 2.25. The second kappa shape index (κ2) is 17.4. The number of methoxy groups -OCH3 is 1. The molecular formula is C31H44O5. The normalized spacial score (nSPS) is 13.3. The number of carboxylic acid groups (broad SMARTS) is 1. The lowest BCUT2D eigenvalue weighted by atomic mass is 9.89. The molecule has 36 heavy (non-hydrogen) atoms. The first kappa shape index (κ1) is 31.0. The molecule has 5 nitrogen and oxygen atoms in total. The van der Waals surface area contributed by atoms with E-state index in [1.807, 2.05) is 39.0 Å². The number of carbonyl (C=O) groups excluding carboxylic acids is 1. The van der Waals surface area contributed by atoms with Gasteiger partial charge in [-0.1, -0.05) is 47.6 Å². The van der Waals surface area contributed by atoms with E-state index >= 15 is 0 Å². The summed E-state index contributed by atoms with van der Waals surface area (Å²) in [6.07, 6.45) is 18.2. The fourth-order valence-electron chi connectivity index (χ4n) is 3.89. The van der Waals surface area contributed by atoms with Crippen LogP contribution in [0.5, 0.6) is 0 Å². The number of hydrogen-bond donors (Lipinski definition) is 1. The maximum absolute atomic E-state index is 12.3. The topological polar surface area (TPSA) is 76.7 Å². The van der Waals surface area contributed by atoms with E-state index < -0.39 is 5.97 Å². The van der Waals surface area contributed by atoms with Gasteiger partial charge in [-0.2, -0.15) is 0 Å². The van der Waals surface area contributed by atoms with Crippen LogP contribution in [0.25, 0.3) is 0 Å². The van der Waals surface area contributed by atoms with Crippen molar-refractivity contribution in [1.82, 2.24) is 0 Å². The number of esters is 1. The molecule has 198 valence electrons. The molecule has 0 saturated carbocycles. The Labute approximate surface area is 217 Å². The van der Waals surface area contributed by atoms with E-state index in [4.69, 9.17) is 9.15 Å². The highest BCUT2D eigenvalue weighted by molar-refractivity contribution is 5.88. The maximum atomic E-state index is 12.3. The van der Waals surface area contributed by atoms with Crippen LogP contribution >= 0.6 is 0 Å². The first-order chi connectivity index (χ1) is 17.1. The van der Waals surface area contributed by atoms with Crippen molar-refractivity contribution in [3.05, 3.63) is 82.9 Å². The van der Waals surface area contributed by atoms with E-state index in [1.54, 1.807) is 12.5 Å². The molecule has 0 fully saturated rings. The first-order valence-electron chi connectivity index (χ1n) is 12.8. The van der Waals surface area contributed by atoms with Crippen molar-refractivity contribution in [1.29, 1.82) is 0 Å². The molecule has 1 N–H and O–H groups in total. The molecule has 1 aromatic rings. The molecule has 1 atom stereocenters. The van der Waals surface area contributed by atoms with Gasteiger partial charge in [0, 0.05) is 11.1 Å². The minimum atomic E-state index is -0.833. The average molecular weight is 497 g/mol. The van der Waals surface area contributed by atoms with Crippen LogP contribution < -0.4 is 0 Å². The molecule has 0 spiro atoms. The molecule has 5 heteroatoms. The van der Waals surface area contributed by atoms with Gasteiger partial charge >= 0.3 is 11.9 Å². The molecule has 0 unspecified atom stereocenters. The molecule has 1 rings (SSSR count). The summed E-state index contributed by atoms with van der Waals surface area (Å²) in [7, 11) is 1.42. The van der Waals surface area contributed by atoms with Crippen LogP contribution in [0, 0.1) is 5.92 Å². The van der Waals surface area contributed by atoms with Crippen LogP contribution in [0.15, 0.2) is 81.8 Å². The third kappa shape index (κ3) is 13.1. The number of furan rings is 1. The molecule has 0 aromatic carbocycles. The highest BCUT2D eigenvalue weighted by Gasteiger charge is 2.14. The number of allylic oxidation sites excluding steroid dienone is 7. The van der Waals surface area contributed by atoms with Gasteiger partial charge in [0.25, 0.3) is 0 Å². The van der Waals surface area contributed by atoms with Crippen molar-refractivity contribution >= 4 is 11.9 Å². The Hall–Kier alpha value is -3.08. The van der Waals surface area contributed by atoms with Gasteiger partial charge < -0.3 is 14.3 Å². The standard InChI is InChI=1S/C31H44O5/c1-23(2)10-7-13-28(30(32)33)14-8-11-25(5)16-17-27(24(3)4)18-19-29(31(34)35-6)15-9-12-26-20-21-36-22-26/h10,14-16,20-22,27H,3,7-9,11-13,17-19H2,1-2,4-6H3,(H,32,33)/t27-/m1/s1. The summed E-state index contributed by atoms with van der Waals surface area (Å²) in [5, 5.41) is 9.45. The van der Waals surface area contributed by atoms with Gasteiger partial charge in [0.05, 0.1) is 19.6 Å². The fraction of sp³-hybridized carbons (Fsp3) is 0.484. The molecule has 1 aromatic heterocycles. The van der Waals surface area contributed by atoms with E-state index in [9.17, 15) is 14.7 Å². The summed E-state index contributed by atoms with van der Waals surface area (Å²) in [6.45, 7) is 12.3. The summed E-state index contributed by atoms with van der Waals surface area (Å²) >= 11 is 0. The molecule has 1 heterocycles. The SMILES string of the molecule is C=C(C)[C@H](CC=C(C)CCC=C(CCC=C(C)C)C(=O)O)CCC(=CCCc1ccoc1)C(=O)OC. The zero-order valence-corrected chi connectivity index (χ0v) is 22.8. The number of rotatable bonds is 17. The van der Waals surface area contributed by atoms with Crippen molar-refractivity contribution in [3.8, 4) is 0 Å². The number of aliphatic carboxylic acids is 1. The molecule has 0 radical (unpaired) electrons. The Bertz CT molecular complexity index is 953. The van der Waals surface area contributed by atoms with Crippen molar-refractivity contribution < 1.29 is 23.8 Å². The number of carbonyl (C=O) groups is 2. The molecule has 0 aliphatic heterocycles. The Kier molecular flexibility index (Phi) is 14.9. The third-order valence-electron chi connectivity index (χ3n) is 6.23. The predicted molar refractivity (Wildman–Crippen MR) is 147 cm³/mol. The van der Waals surface area contributed by atoms with Gasteiger partial charge in [-0.3, -0.25) is 0 Å². The summed E-state index contributed by atoms with van der Waals surface area (Å²) in [5.41, 5.74) is 5.81. The zero-order valence-electron chi connectivity index (χ0n) is 22.8. The lowest BCUT2D eigenvalue weighted by molar-refractivity contribution is -0.136. The van der Waals surface area contributed by atoms with Crippen LogP contribution in [-0.4, -0.2) is 24.2 Å². The van der Waals surface area contributed by atoms with Crippen molar-refractivity contribution in [2.45, 2.75) is 85.5 Å². The smallest absolute Gasteiger partial charge is 0.333 e. The minimum Gasteiger partial charge on any atom is -0.478 e. The Morgan fingerprint density at radius 3 is 2.28 bits per heavy atom. The van der Waals surface area contributed by atoms with Gasteiger partial charge in [-0.25, -0.2) is 9.59 Å². The lowest BCUT2D eigenvalue weighted by Crippen LogP contribution is -2.08. The summed E-state index contributed by atoms with van der Waals surface area (Å²) in [4.78, 5) is 23.8. The van der Waals surface area contributed by atoms with Crippen LogP contribution in [0.1, 0.15) is 84.6 Å². The summed E-state index contributed by atoms with van der Waals surface area (Å²) in [6, 6.07) is 1.93. The first-order valence-corrected chi connectivity index (χ1v) is 12.8. The predicted octanol–water partition coefficient (Wildman–Crippen LogP) is 8.16. The van der Waals surface area contributed by atoms with E-state index in [0.29, 0.717) is 30.4 Å². The molecule has 0 aliphatic rings. The highest BCUT2D eigenvalue weighted by atomic mass is 16.5. The molecule has 0 aliphatic carbocycles. The Morgan fingerprint density at radius 2 is 1.69 bits per heavy atom.